The molecule has 2 aromatic heterocycles. The van der Waals surface area contributed by atoms with Crippen LogP contribution < -0.4 is 0 Å². The van der Waals surface area contributed by atoms with Crippen LogP contribution >= 0.6 is 27.3 Å². The van der Waals surface area contributed by atoms with Crippen LogP contribution in [0.3, 0.4) is 0 Å². The summed E-state index contributed by atoms with van der Waals surface area (Å²) in [6, 6.07) is 0. The fourth-order valence-electron chi connectivity index (χ4n) is 0.908. The van der Waals surface area contributed by atoms with Crippen molar-refractivity contribution in [3.05, 3.63) is 21.9 Å². The van der Waals surface area contributed by atoms with Crippen LogP contribution in [0.1, 0.15) is 5.69 Å². The number of aryl methyl sites for hydroxylation is 1. The molecule has 0 fully saturated rings. The van der Waals surface area contributed by atoms with Gasteiger partial charge in [0.05, 0.1) is 6.20 Å². The van der Waals surface area contributed by atoms with E-state index in [9.17, 15) is 0 Å². The Bertz CT molecular complexity index is 331. The lowest BCUT2D eigenvalue weighted by molar-refractivity contribution is 1.10. The van der Waals surface area contributed by atoms with E-state index in [1.807, 2.05) is 6.20 Å². The maximum absolute atomic E-state index is 4.17. The summed E-state index contributed by atoms with van der Waals surface area (Å²) >= 11 is 5.06. The lowest BCUT2D eigenvalue weighted by Gasteiger charge is -1.87. The van der Waals surface area contributed by atoms with Gasteiger partial charge in [-0.15, -0.1) is 11.3 Å². The third kappa shape index (κ3) is 0.722. The number of nitrogens with zero attached hydrogens (tertiary/aromatic N) is 2. The topological polar surface area (TPSA) is 17.3 Å². The van der Waals surface area contributed by atoms with Gasteiger partial charge in [-0.2, -0.15) is 0 Å². The van der Waals surface area contributed by atoms with E-state index in [0.29, 0.717) is 0 Å². The van der Waals surface area contributed by atoms with Crippen molar-refractivity contribution in [2.45, 2.75) is 6.92 Å². The molecule has 0 aliphatic carbocycles. The molecule has 4 heteroatoms. The molecule has 0 aliphatic heterocycles. The normalized spacial score (nSPS) is 11.0. The summed E-state index contributed by atoms with van der Waals surface area (Å²) in [5, 5.41) is 2.09. The molecule has 2 nitrogen and oxygen atoms in total. The molecular formula is C6H5BrN2S. The van der Waals surface area contributed by atoms with Crippen LogP contribution in [0.4, 0.5) is 0 Å². The largest absolute Gasteiger partial charge is 0.282 e. The van der Waals surface area contributed by atoms with Gasteiger partial charge in [0, 0.05) is 11.1 Å². The van der Waals surface area contributed by atoms with E-state index >= 15 is 0 Å². The Labute approximate surface area is 70.6 Å². The van der Waals surface area contributed by atoms with Crippen molar-refractivity contribution in [2.75, 3.05) is 0 Å². The summed E-state index contributed by atoms with van der Waals surface area (Å²) in [5.41, 5.74) is 1.23. The van der Waals surface area contributed by atoms with E-state index in [1.165, 1.54) is 5.69 Å². The van der Waals surface area contributed by atoms with Crippen LogP contribution in [0.5, 0.6) is 0 Å². The van der Waals surface area contributed by atoms with Gasteiger partial charge >= 0.3 is 0 Å². The Morgan fingerprint density at radius 1 is 1.70 bits per heavy atom. The Hall–Kier alpha value is -0.350. The molecule has 0 amide bonds. The van der Waals surface area contributed by atoms with Crippen LogP contribution in [0, 0.1) is 6.92 Å². The van der Waals surface area contributed by atoms with E-state index in [1.54, 1.807) is 11.3 Å². The second kappa shape index (κ2) is 2.07. The zero-order chi connectivity index (χ0) is 7.14. The third-order valence-corrected chi connectivity index (χ3v) is 2.89. The molecule has 52 valence electrons. The molecule has 0 unspecified atom stereocenters. The van der Waals surface area contributed by atoms with Crippen molar-refractivity contribution in [2.24, 2.45) is 0 Å². The molecule has 0 spiro atoms. The standard InChI is InChI=1S/C6H5BrN2S/c1-4-3-10-6-8-2-5(7)9(4)6/h2-3H,1H3. The van der Waals surface area contributed by atoms with Crippen LogP contribution in [0.25, 0.3) is 4.96 Å². The number of fused-ring (bicyclic) bond motifs is 1. The Balaban J connectivity index is 2.98. The number of aromatic nitrogens is 2. The molecule has 0 radical (unpaired) electrons. The molecule has 0 saturated heterocycles. The molecule has 0 aliphatic rings. The predicted molar refractivity (Wildman–Crippen MR) is 45.5 cm³/mol. The highest BCUT2D eigenvalue weighted by atomic mass is 79.9. The van der Waals surface area contributed by atoms with Gasteiger partial charge in [-0.05, 0) is 22.9 Å². The molecule has 2 aromatic rings. The highest BCUT2D eigenvalue weighted by Gasteiger charge is 2.02. The highest BCUT2D eigenvalue weighted by Crippen LogP contribution is 2.20. The van der Waals surface area contributed by atoms with Crippen molar-refractivity contribution in [3.8, 4) is 0 Å². The van der Waals surface area contributed by atoms with Crippen molar-refractivity contribution in [3.63, 3.8) is 0 Å². The summed E-state index contributed by atoms with van der Waals surface area (Å²) in [7, 11) is 0. The molecule has 2 heterocycles. The van der Waals surface area contributed by atoms with Gasteiger partial charge in [0.15, 0.2) is 4.96 Å². The maximum Gasteiger partial charge on any atom is 0.194 e. The number of rotatable bonds is 0. The van der Waals surface area contributed by atoms with E-state index < -0.39 is 0 Å². The quantitative estimate of drug-likeness (QED) is 0.662. The van der Waals surface area contributed by atoms with Gasteiger partial charge in [0.1, 0.15) is 4.60 Å². The average Bonchev–Trinajstić information content (AvgIpc) is 2.40. The first-order valence-corrected chi connectivity index (χ1v) is 4.53. The summed E-state index contributed by atoms with van der Waals surface area (Å²) in [4.78, 5) is 5.22. The zero-order valence-electron chi connectivity index (χ0n) is 5.34. The summed E-state index contributed by atoms with van der Waals surface area (Å²) in [6.45, 7) is 2.07. The first-order chi connectivity index (χ1) is 4.79. The molecule has 0 saturated carbocycles. The minimum absolute atomic E-state index is 1.03. The lowest BCUT2D eigenvalue weighted by atomic mass is 10.6. The minimum Gasteiger partial charge on any atom is -0.282 e. The lowest BCUT2D eigenvalue weighted by Crippen LogP contribution is -1.80. The van der Waals surface area contributed by atoms with Gasteiger partial charge in [0.25, 0.3) is 0 Å². The third-order valence-electron chi connectivity index (χ3n) is 1.37. The fraction of sp³-hybridized carbons (Fsp3) is 0.167. The molecule has 0 atom stereocenters. The number of thiazole rings is 1. The minimum atomic E-state index is 1.03. The van der Waals surface area contributed by atoms with Crippen molar-refractivity contribution >= 4 is 32.2 Å². The second-order valence-corrected chi connectivity index (χ2v) is 3.73. The zero-order valence-corrected chi connectivity index (χ0v) is 7.74. The van der Waals surface area contributed by atoms with Crippen LogP contribution in [-0.4, -0.2) is 9.38 Å². The number of hydrogen-bond acceptors (Lipinski definition) is 2. The van der Waals surface area contributed by atoms with Crippen LogP contribution in [0.2, 0.25) is 0 Å². The van der Waals surface area contributed by atoms with E-state index in [0.717, 1.165) is 9.56 Å². The van der Waals surface area contributed by atoms with E-state index in [-0.39, 0.29) is 0 Å². The second-order valence-electron chi connectivity index (χ2n) is 2.08. The SMILES string of the molecule is Cc1csc2ncc(Br)n12. The summed E-state index contributed by atoms with van der Waals surface area (Å²) in [5.74, 6) is 0. The Kier molecular flexibility index (Phi) is 1.32. The van der Waals surface area contributed by atoms with Gasteiger partial charge in [0.2, 0.25) is 0 Å². The molecule has 0 bridgehead atoms. The Morgan fingerprint density at radius 3 is 3.20 bits per heavy atom. The monoisotopic (exact) mass is 216 g/mol. The van der Waals surface area contributed by atoms with Crippen LogP contribution in [-0.2, 0) is 0 Å². The van der Waals surface area contributed by atoms with Crippen molar-refractivity contribution in [1.29, 1.82) is 0 Å². The average molecular weight is 217 g/mol. The number of hydrogen-bond donors (Lipinski definition) is 0. The number of imidazole rings is 1. The van der Waals surface area contributed by atoms with E-state index in [2.05, 4.69) is 37.6 Å². The number of halogens is 1. The van der Waals surface area contributed by atoms with Gasteiger partial charge in [-0.3, -0.25) is 4.40 Å². The first-order valence-electron chi connectivity index (χ1n) is 2.86. The fourth-order valence-corrected chi connectivity index (χ4v) is 2.42. The van der Waals surface area contributed by atoms with Gasteiger partial charge in [-0.25, -0.2) is 4.98 Å². The molecule has 0 N–H and O–H groups in total. The summed E-state index contributed by atoms with van der Waals surface area (Å²) in [6.07, 6.45) is 1.82. The predicted octanol–water partition coefficient (Wildman–Crippen LogP) is 2.47. The molecule has 10 heavy (non-hydrogen) atoms. The van der Waals surface area contributed by atoms with Gasteiger partial charge < -0.3 is 0 Å². The van der Waals surface area contributed by atoms with Crippen molar-refractivity contribution < 1.29 is 0 Å². The van der Waals surface area contributed by atoms with Gasteiger partial charge in [-0.1, -0.05) is 0 Å². The summed E-state index contributed by atoms with van der Waals surface area (Å²) < 4.78 is 3.10. The highest BCUT2D eigenvalue weighted by molar-refractivity contribution is 9.10. The van der Waals surface area contributed by atoms with Crippen LogP contribution in [0.15, 0.2) is 16.2 Å². The smallest absolute Gasteiger partial charge is 0.194 e. The Morgan fingerprint density at radius 2 is 2.50 bits per heavy atom. The molecular weight excluding hydrogens is 212 g/mol. The molecule has 2 rings (SSSR count). The van der Waals surface area contributed by atoms with Crippen molar-refractivity contribution in [1.82, 2.24) is 9.38 Å². The van der Waals surface area contributed by atoms with E-state index in [4.69, 9.17) is 0 Å². The first kappa shape index (κ1) is 6.37. The molecule has 0 aromatic carbocycles. The maximum atomic E-state index is 4.17.